The monoisotopic (exact) mass is 359 g/mol. The molecule has 2 N–H and O–H groups in total. The second-order valence-electron chi connectivity index (χ2n) is 8.23. The Labute approximate surface area is 157 Å². The standard InChI is InChI=1S/C22H33NO3/c1-6-19(25)21-20(26)14-18(17(12-13-24)15(2)3)23(22(21,4)5)16-10-8-7-9-11-16/h6-11,15,17-18,20-21,24,26H,1,12-14H2,2-5H3. The van der Waals surface area contributed by atoms with Crippen molar-refractivity contribution >= 4 is 11.5 Å². The van der Waals surface area contributed by atoms with Gasteiger partial charge in [0.05, 0.1) is 12.0 Å². The number of ketones is 1. The minimum atomic E-state index is -0.722. The third kappa shape index (κ3) is 3.86. The molecule has 0 spiro atoms. The summed E-state index contributed by atoms with van der Waals surface area (Å²) in [7, 11) is 0. The van der Waals surface area contributed by atoms with Crippen molar-refractivity contribution in [3.05, 3.63) is 43.0 Å². The van der Waals surface area contributed by atoms with Gasteiger partial charge in [-0.05, 0) is 56.7 Å². The molecule has 4 atom stereocenters. The number of aliphatic hydroxyl groups is 2. The van der Waals surface area contributed by atoms with Gasteiger partial charge in [0.15, 0.2) is 5.78 Å². The average molecular weight is 360 g/mol. The van der Waals surface area contributed by atoms with Gasteiger partial charge in [0, 0.05) is 23.9 Å². The molecule has 0 aromatic heterocycles. The molecule has 1 saturated heterocycles. The van der Waals surface area contributed by atoms with Crippen LogP contribution in [0.3, 0.4) is 0 Å². The third-order valence-electron chi connectivity index (χ3n) is 5.94. The summed E-state index contributed by atoms with van der Waals surface area (Å²) in [6.45, 7) is 12.1. The predicted octanol–water partition coefficient (Wildman–Crippen LogP) is 3.43. The second kappa shape index (κ2) is 8.36. The van der Waals surface area contributed by atoms with Gasteiger partial charge in [-0.15, -0.1) is 0 Å². The van der Waals surface area contributed by atoms with Gasteiger partial charge in [0.25, 0.3) is 0 Å². The molecule has 0 aliphatic carbocycles. The van der Waals surface area contributed by atoms with Crippen molar-refractivity contribution in [2.24, 2.45) is 17.8 Å². The lowest BCUT2D eigenvalue weighted by Gasteiger charge is -2.57. The number of anilines is 1. The van der Waals surface area contributed by atoms with E-state index in [4.69, 9.17) is 0 Å². The van der Waals surface area contributed by atoms with Crippen LogP contribution in [-0.2, 0) is 4.79 Å². The zero-order valence-electron chi connectivity index (χ0n) is 16.4. The number of nitrogens with zero attached hydrogens (tertiary/aromatic N) is 1. The van der Waals surface area contributed by atoms with Crippen LogP contribution >= 0.6 is 0 Å². The number of piperidine rings is 1. The first kappa shape index (κ1) is 20.7. The van der Waals surface area contributed by atoms with Gasteiger partial charge in [0.1, 0.15) is 0 Å². The Morgan fingerprint density at radius 3 is 2.46 bits per heavy atom. The number of carbonyl (C=O) groups is 1. The first-order chi connectivity index (χ1) is 12.3. The van der Waals surface area contributed by atoms with E-state index in [1.54, 1.807) is 0 Å². The molecule has 1 aliphatic rings. The summed E-state index contributed by atoms with van der Waals surface area (Å²) in [6.07, 6.45) is 1.78. The van der Waals surface area contributed by atoms with Crippen molar-refractivity contribution in [1.82, 2.24) is 0 Å². The van der Waals surface area contributed by atoms with Crippen LogP contribution in [0.1, 0.15) is 40.5 Å². The van der Waals surface area contributed by atoms with E-state index in [0.717, 1.165) is 5.69 Å². The van der Waals surface area contributed by atoms with Crippen molar-refractivity contribution in [2.45, 2.75) is 58.2 Å². The molecule has 0 saturated carbocycles. The van der Waals surface area contributed by atoms with Gasteiger partial charge in [-0.2, -0.15) is 0 Å². The number of aliphatic hydroxyl groups excluding tert-OH is 2. The lowest BCUT2D eigenvalue weighted by atomic mass is 9.68. The van der Waals surface area contributed by atoms with E-state index >= 15 is 0 Å². The van der Waals surface area contributed by atoms with Crippen LogP contribution in [0.4, 0.5) is 5.69 Å². The third-order valence-corrected chi connectivity index (χ3v) is 5.94. The minimum absolute atomic E-state index is 0.0448. The van der Waals surface area contributed by atoms with Crippen LogP contribution < -0.4 is 4.90 Å². The first-order valence-corrected chi connectivity index (χ1v) is 9.55. The van der Waals surface area contributed by atoms with Crippen LogP contribution in [0, 0.1) is 17.8 Å². The molecule has 1 heterocycles. The van der Waals surface area contributed by atoms with Crippen molar-refractivity contribution in [3.63, 3.8) is 0 Å². The molecule has 1 aliphatic heterocycles. The summed E-state index contributed by atoms with van der Waals surface area (Å²) in [5.41, 5.74) is 0.470. The van der Waals surface area contributed by atoms with Crippen LogP contribution in [0.5, 0.6) is 0 Å². The highest BCUT2D eigenvalue weighted by Crippen LogP contribution is 2.44. The zero-order valence-corrected chi connectivity index (χ0v) is 16.4. The molecule has 4 unspecified atom stereocenters. The molecular formula is C22H33NO3. The number of rotatable bonds is 7. The number of hydrogen-bond donors (Lipinski definition) is 2. The normalized spacial score (nSPS) is 26.6. The van der Waals surface area contributed by atoms with Gasteiger partial charge in [0.2, 0.25) is 0 Å². The molecule has 4 nitrogen and oxygen atoms in total. The Morgan fingerprint density at radius 1 is 1.35 bits per heavy atom. The van der Waals surface area contributed by atoms with Crippen molar-refractivity contribution in [3.8, 4) is 0 Å². The van der Waals surface area contributed by atoms with Gasteiger partial charge >= 0.3 is 0 Å². The van der Waals surface area contributed by atoms with Crippen molar-refractivity contribution in [2.75, 3.05) is 11.5 Å². The van der Waals surface area contributed by atoms with Gasteiger partial charge in [-0.25, -0.2) is 0 Å². The summed E-state index contributed by atoms with van der Waals surface area (Å²) < 4.78 is 0. The van der Waals surface area contributed by atoms with E-state index in [-0.39, 0.29) is 24.3 Å². The summed E-state index contributed by atoms with van der Waals surface area (Å²) in [6, 6.07) is 10.1. The van der Waals surface area contributed by atoms with Gasteiger partial charge in [-0.1, -0.05) is 38.6 Å². The van der Waals surface area contributed by atoms with E-state index in [2.05, 4.69) is 37.5 Å². The molecule has 1 aromatic rings. The molecule has 2 rings (SSSR count). The highest BCUT2D eigenvalue weighted by atomic mass is 16.3. The average Bonchev–Trinajstić information content (AvgIpc) is 2.58. The molecule has 26 heavy (non-hydrogen) atoms. The summed E-state index contributed by atoms with van der Waals surface area (Å²) in [5.74, 6) is -0.0783. The van der Waals surface area contributed by atoms with Gasteiger partial charge in [-0.3, -0.25) is 4.79 Å². The van der Waals surface area contributed by atoms with Crippen LogP contribution in [-0.4, -0.2) is 40.3 Å². The first-order valence-electron chi connectivity index (χ1n) is 9.55. The molecular weight excluding hydrogens is 326 g/mol. The van der Waals surface area contributed by atoms with Crippen LogP contribution in [0.2, 0.25) is 0 Å². The summed E-state index contributed by atoms with van der Waals surface area (Å²) >= 11 is 0. The van der Waals surface area contributed by atoms with E-state index < -0.39 is 17.6 Å². The largest absolute Gasteiger partial charge is 0.396 e. The summed E-state index contributed by atoms with van der Waals surface area (Å²) in [5, 5.41) is 20.5. The quantitative estimate of drug-likeness (QED) is 0.732. The summed E-state index contributed by atoms with van der Waals surface area (Å²) in [4.78, 5) is 14.9. The Kier molecular flexibility index (Phi) is 6.64. The molecule has 144 valence electrons. The zero-order chi connectivity index (χ0) is 19.5. The smallest absolute Gasteiger partial charge is 0.163 e. The molecule has 0 radical (unpaired) electrons. The Morgan fingerprint density at radius 2 is 1.96 bits per heavy atom. The van der Waals surface area contributed by atoms with Crippen molar-refractivity contribution in [1.29, 1.82) is 0 Å². The fourth-order valence-corrected chi connectivity index (χ4v) is 4.80. The van der Waals surface area contributed by atoms with Gasteiger partial charge < -0.3 is 15.1 Å². The van der Waals surface area contributed by atoms with Crippen LogP contribution in [0.15, 0.2) is 43.0 Å². The molecule has 1 fully saturated rings. The topological polar surface area (TPSA) is 60.8 Å². The number of benzene rings is 1. The Bertz CT molecular complexity index is 611. The maximum absolute atomic E-state index is 12.6. The van der Waals surface area contributed by atoms with E-state index in [1.165, 1.54) is 6.08 Å². The maximum atomic E-state index is 12.6. The van der Waals surface area contributed by atoms with E-state index in [9.17, 15) is 15.0 Å². The SMILES string of the molecule is C=CC(=O)C1C(O)CC(C(CCO)C(C)C)N(c2ccccc2)C1(C)C. The van der Waals surface area contributed by atoms with E-state index in [1.807, 2.05) is 32.0 Å². The highest BCUT2D eigenvalue weighted by molar-refractivity contribution is 5.93. The second-order valence-corrected chi connectivity index (χ2v) is 8.23. The Hall–Kier alpha value is -1.65. The minimum Gasteiger partial charge on any atom is -0.396 e. The number of carbonyl (C=O) groups excluding carboxylic acids is 1. The number of allylic oxidation sites excluding steroid dienone is 1. The fourth-order valence-electron chi connectivity index (χ4n) is 4.80. The molecule has 4 heteroatoms. The fraction of sp³-hybridized carbons (Fsp3) is 0.591. The van der Waals surface area contributed by atoms with Crippen molar-refractivity contribution < 1.29 is 15.0 Å². The lowest BCUT2D eigenvalue weighted by molar-refractivity contribution is -0.126. The Balaban J connectivity index is 2.57. The number of para-hydroxylation sites is 1. The predicted molar refractivity (Wildman–Crippen MR) is 106 cm³/mol. The maximum Gasteiger partial charge on any atom is 0.163 e. The highest BCUT2D eigenvalue weighted by Gasteiger charge is 2.52. The van der Waals surface area contributed by atoms with E-state index in [0.29, 0.717) is 18.8 Å². The van der Waals surface area contributed by atoms with Crippen LogP contribution in [0.25, 0.3) is 0 Å². The molecule has 0 bridgehead atoms. The number of hydrogen-bond acceptors (Lipinski definition) is 4. The molecule has 1 aromatic carbocycles. The molecule has 0 amide bonds. The lowest BCUT2D eigenvalue weighted by Crippen LogP contribution is -2.66.